The highest BCUT2D eigenvalue weighted by Crippen LogP contribution is 2.10. The third-order valence-corrected chi connectivity index (χ3v) is 3.22. The number of carbonyl (C=O) groups is 2. The fourth-order valence-corrected chi connectivity index (χ4v) is 2.19. The van der Waals surface area contributed by atoms with Crippen LogP contribution in [0.4, 0.5) is 0 Å². The van der Waals surface area contributed by atoms with Crippen molar-refractivity contribution in [2.24, 2.45) is 0 Å². The standard InChI is InChI=1S/C14H27N3O3/c1-4-15-14(19)12-10-20-9-8-17(12)13(18)6-5-7-16-11(2)3/h11-12,16H,4-10H2,1-3H3,(H,15,19). The van der Waals surface area contributed by atoms with Crippen molar-refractivity contribution in [2.45, 2.75) is 45.7 Å². The lowest BCUT2D eigenvalue weighted by Crippen LogP contribution is -2.55. The molecule has 0 radical (unpaired) electrons. The van der Waals surface area contributed by atoms with Crippen LogP contribution < -0.4 is 10.6 Å². The molecule has 0 aromatic rings. The molecule has 1 fully saturated rings. The lowest BCUT2D eigenvalue weighted by molar-refractivity contribution is -0.148. The van der Waals surface area contributed by atoms with E-state index in [1.54, 1.807) is 4.90 Å². The normalized spacial score (nSPS) is 19.2. The molecule has 1 atom stereocenters. The van der Waals surface area contributed by atoms with Gasteiger partial charge in [0, 0.05) is 25.6 Å². The molecule has 0 aromatic carbocycles. The summed E-state index contributed by atoms with van der Waals surface area (Å²) in [6.07, 6.45) is 1.26. The van der Waals surface area contributed by atoms with Gasteiger partial charge < -0.3 is 20.3 Å². The minimum absolute atomic E-state index is 0.0371. The molecule has 6 nitrogen and oxygen atoms in total. The Morgan fingerprint density at radius 1 is 1.40 bits per heavy atom. The average Bonchev–Trinajstić information content (AvgIpc) is 2.43. The van der Waals surface area contributed by atoms with E-state index in [-0.39, 0.29) is 11.8 Å². The van der Waals surface area contributed by atoms with Crippen LogP contribution in [0.2, 0.25) is 0 Å². The van der Waals surface area contributed by atoms with Crippen molar-refractivity contribution >= 4 is 11.8 Å². The maximum Gasteiger partial charge on any atom is 0.245 e. The highest BCUT2D eigenvalue weighted by molar-refractivity contribution is 5.88. The Hall–Kier alpha value is -1.14. The Labute approximate surface area is 121 Å². The summed E-state index contributed by atoms with van der Waals surface area (Å²) in [6.45, 7) is 8.70. The molecule has 0 spiro atoms. The number of likely N-dealkylation sites (N-methyl/N-ethyl adjacent to an activating group) is 1. The summed E-state index contributed by atoms with van der Waals surface area (Å²) in [5.74, 6) is -0.0871. The van der Waals surface area contributed by atoms with Crippen LogP contribution in [0.25, 0.3) is 0 Å². The van der Waals surface area contributed by atoms with Gasteiger partial charge in [-0.05, 0) is 19.9 Å². The first kappa shape index (κ1) is 16.9. The van der Waals surface area contributed by atoms with E-state index in [9.17, 15) is 9.59 Å². The Morgan fingerprint density at radius 3 is 2.80 bits per heavy atom. The van der Waals surface area contributed by atoms with Crippen molar-refractivity contribution in [3.05, 3.63) is 0 Å². The molecule has 1 heterocycles. The van der Waals surface area contributed by atoms with Crippen molar-refractivity contribution in [3.8, 4) is 0 Å². The molecule has 0 saturated carbocycles. The number of ether oxygens (including phenoxy) is 1. The minimum Gasteiger partial charge on any atom is -0.377 e. The van der Waals surface area contributed by atoms with Gasteiger partial charge in [-0.1, -0.05) is 13.8 Å². The molecule has 1 rings (SSSR count). The van der Waals surface area contributed by atoms with Crippen molar-refractivity contribution < 1.29 is 14.3 Å². The fourth-order valence-electron chi connectivity index (χ4n) is 2.19. The van der Waals surface area contributed by atoms with E-state index in [4.69, 9.17) is 4.74 Å². The van der Waals surface area contributed by atoms with Gasteiger partial charge in [0.05, 0.1) is 13.2 Å². The molecular weight excluding hydrogens is 258 g/mol. The van der Waals surface area contributed by atoms with Gasteiger partial charge in [-0.25, -0.2) is 0 Å². The van der Waals surface area contributed by atoms with Crippen LogP contribution in [-0.4, -0.2) is 61.6 Å². The summed E-state index contributed by atoms with van der Waals surface area (Å²) in [5, 5.41) is 6.04. The molecule has 1 saturated heterocycles. The summed E-state index contributed by atoms with van der Waals surface area (Å²) in [4.78, 5) is 25.8. The molecule has 1 aliphatic rings. The first-order chi connectivity index (χ1) is 9.56. The van der Waals surface area contributed by atoms with Crippen LogP contribution in [0.15, 0.2) is 0 Å². The fraction of sp³-hybridized carbons (Fsp3) is 0.857. The van der Waals surface area contributed by atoms with E-state index < -0.39 is 6.04 Å². The molecule has 0 aliphatic carbocycles. The van der Waals surface area contributed by atoms with E-state index in [2.05, 4.69) is 24.5 Å². The molecule has 0 bridgehead atoms. The van der Waals surface area contributed by atoms with E-state index >= 15 is 0 Å². The quantitative estimate of drug-likeness (QED) is 0.652. The van der Waals surface area contributed by atoms with Crippen LogP contribution in [0.1, 0.15) is 33.6 Å². The third kappa shape index (κ3) is 5.46. The second kappa shape index (κ2) is 8.92. The molecule has 1 aliphatic heterocycles. The van der Waals surface area contributed by atoms with Gasteiger partial charge in [-0.3, -0.25) is 9.59 Å². The highest BCUT2D eigenvalue weighted by Gasteiger charge is 2.31. The third-order valence-electron chi connectivity index (χ3n) is 3.22. The molecule has 1 unspecified atom stereocenters. The zero-order chi connectivity index (χ0) is 15.0. The van der Waals surface area contributed by atoms with Gasteiger partial charge in [0.2, 0.25) is 11.8 Å². The number of morpholine rings is 1. The number of hydrogen-bond donors (Lipinski definition) is 2. The zero-order valence-corrected chi connectivity index (χ0v) is 12.8. The van der Waals surface area contributed by atoms with E-state index in [1.165, 1.54) is 0 Å². The van der Waals surface area contributed by atoms with Crippen molar-refractivity contribution in [2.75, 3.05) is 32.8 Å². The lowest BCUT2D eigenvalue weighted by Gasteiger charge is -2.34. The number of hydrogen-bond acceptors (Lipinski definition) is 4. The van der Waals surface area contributed by atoms with Gasteiger partial charge in [-0.2, -0.15) is 0 Å². The van der Waals surface area contributed by atoms with Crippen molar-refractivity contribution in [1.29, 1.82) is 0 Å². The monoisotopic (exact) mass is 285 g/mol. The SMILES string of the molecule is CCNC(=O)C1COCCN1C(=O)CCCNC(C)C. The van der Waals surface area contributed by atoms with Crippen molar-refractivity contribution in [3.63, 3.8) is 0 Å². The Morgan fingerprint density at radius 2 is 2.15 bits per heavy atom. The Kier molecular flexibility index (Phi) is 7.54. The molecule has 116 valence electrons. The lowest BCUT2D eigenvalue weighted by atomic mass is 10.1. The van der Waals surface area contributed by atoms with Crippen LogP contribution in [0.3, 0.4) is 0 Å². The molecular formula is C14H27N3O3. The second-order valence-corrected chi connectivity index (χ2v) is 5.28. The molecule has 0 aromatic heterocycles. The van der Waals surface area contributed by atoms with Gasteiger partial charge >= 0.3 is 0 Å². The molecule has 2 N–H and O–H groups in total. The van der Waals surface area contributed by atoms with Crippen molar-refractivity contribution in [1.82, 2.24) is 15.5 Å². The molecule has 2 amide bonds. The highest BCUT2D eigenvalue weighted by atomic mass is 16.5. The summed E-state index contributed by atoms with van der Waals surface area (Å²) in [6, 6.07) is -0.0502. The maximum absolute atomic E-state index is 12.2. The summed E-state index contributed by atoms with van der Waals surface area (Å²) >= 11 is 0. The number of carbonyl (C=O) groups excluding carboxylic acids is 2. The number of nitrogens with one attached hydrogen (secondary N) is 2. The van der Waals surface area contributed by atoms with Gasteiger partial charge in [-0.15, -0.1) is 0 Å². The van der Waals surface area contributed by atoms with Crippen LogP contribution in [0.5, 0.6) is 0 Å². The van der Waals surface area contributed by atoms with Gasteiger partial charge in [0.1, 0.15) is 6.04 Å². The largest absolute Gasteiger partial charge is 0.377 e. The minimum atomic E-state index is -0.478. The Balaban J connectivity index is 2.43. The predicted octanol–water partition coefficient (Wildman–Crippen LogP) is 0.128. The summed E-state index contributed by atoms with van der Waals surface area (Å²) in [7, 11) is 0. The topological polar surface area (TPSA) is 70.7 Å². The number of nitrogens with zero attached hydrogens (tertiary/aromatic N) is 1. The smallest absolute Gasteiger partial charge is 0.245 e. The number of rotatable bonds is 7. The first-order valence-electron chi connectivity index (χ1n) is 7.44. The van der Waals surface area contributed by atoms with E-state index in [0.29, 0.717) is 38.8 Å². The summed E-state index contributed by atoms with van der Waals surface area (Å²) < 4.78 is 5.32. The van der Waals surface area contributed by atoms with E-state index in [1.807, 2.05) is 6.92 Å². The number of amides is 2. The van der Waals surface area contributed by atoms with Crippen LogP contribution in [0, 0.1) is 0 Å². The van der Waals surface area contributed by atoms with E-state index in [0.717, 1.165) is 13.0 Å². The average molecular weight is 285 g/mol. The van der Waals surface area contributed by atoms with Crippen LogP contribution in [-0.2, 0) is 14.3 Å². The van der Waals surface area contributed by atoms with Gasteiger partial charge in [0.15, 0.2) is 0 Å². The first-order valence-corrected chi connectivity index (χ1v) is 7.44. The Bertz CT molecular complexity index is 321. The second-order valence-electron chi connectivity index (χ2n) is 5.28. The molecule has 6 heteroatoms. The maximum atomic E-state index is 12.2. The molecule has 20 heavy (non-hydrogen) atoms. The predicted molar refractivity (Wildman–Crippen MR) is 77.4 cm³/mol. The summed E-state index contributed by atoms with van der Waals surface area (Å²) in [5.41, 5.74) is 0. The van der Waals surface area contributed by atoms with Gasteiger partial charge in [0.25, 0.3) is 0 Å². The van der Waals surface area contributed by atoms with Crippen LogP contribution >= 0.6 is 0 Å². The zero-order valence-electron chi connectivity index (χ0n) is 12.8.